The van der Waals surface area contributed by atoms with Gasteiger partial charge >= 0.3 is 0 Å². The minimum Gasteiger partial charge on any atom is -0.289 e. The van der Waals surface area contributed by atoms with Gasteiger partial charge in [-0.3, -0.25) is 24.0 Å². The summed E-state index contributed by atoms with van der Waals surface area (Å²) in [4.78, 5) is 41.0. The molecule has 3 heterocycles. The molecule has 0 unspecified atom stereocenters. The van der Waals surface area contributed by atoms with E-state index >= 15 is 0 Å². The molecule has 0 atom stereocenters. The lowest BCUT2D eigenvalue weighted by molar-refractivity contribution is -0.119. The highest BCUT2D eigenvalue weighted by Gasteiger charge is 2.22. The Labute approximate surface area is 184 Å². The van der Waals surface area contributed by atoms with Crippen molar-refractivity contribution in [1.82, 2.24) is 19.5 Å². The number of para-hydroxylation sites is 1. The van der Waals surface area contributed by atoms with Gasteiger partial charge < -0.3 is 0 Å². The quantitative estimate of drug-likeness (QED) is 0.464. The number of rotatable bonds is 6. The molecule has 0 aliphatic carbocycles. The summed E-state index contributed by atoms with van der Waals surface area (Å²) in [5.74, 6) is -0.241. The van der Waals surface area contributed by atoms with Crippen molar-refractivity contribution in [2.75, 3.05) is 4.90 Å². The molecule has 0 aliphatic heterocycles. The SMILES string of the molecule is CCc1cccc2sc(N(Cc3ccccn3)C(=O)Cn3cnc(C)c(C)c3=O)nc12. The molecule has 31 heavy (non-hydrogen) atoms. The van der Waals surface area contributed by atoms with E-state index in [1.165, 1.54) is 22.2 Å². The molecule has 3 aromatic heterocycles. The smallest absolute Gasteiger partial charge is 0.256 e. The van der Waals surface area contributed by atoms with Crippen LogP contribution < -0.4 is 10.5 Å². The van der Waals surface area contributed by atoms with Crippen molar-refractivity contribution in [3.63, 3.8) is 0 Å². The van der Waals surface area contributed by atoms with Crippen LogP contribution >= 0.6 is 11.3 Å². The maximum absolute atomic E-state index is 13.4. The monoisotopic (exact) mass is 433 g/mol. The van der Waals surface area contributed by atoms with Crippen molar-refractivity contribution in [1.29, 1.82) is 0 Å². The first kappa shape index (κ1) is 20.9. The van der Waals surface area contributed by atoms with Crippen LogP contribution in [-0.4, -0.2) is 25.4 Å². The Morgan fingerprint density at radius 2 is 1.97 bits per heavy atom. The van der Waals surface area contributed by atoms with E-state index in [0.29, 0.717) is 16.4 Å². The summed E-state index contributed by atoms with van der Waals surface area (Å²) in [7, 11) is 0. The van der Waals surface area contributed by atoms with E-state index in [-0.39, 0.29) is 24.6 Å². The van der Waals surface area contributed by atoms with Crippen molar-refractivity contribution >= 4 is 32.6 Å². The fourth-order valence-corrected chi connectivity index (χ4v) is 4.36. The lowest BCUT2D eigenvalue weighted by Gasteiger charge is -2.20. The fourth-order valence-electron chi connectivity index (χ4n) is 3.33. The number of anilines is 1. The first-order chi connectivity index (χ1) is 15.0. The Balaban J connectivity index is 1.73. The number of aryl methyl sites for hydroxylation is 2. The second-order valence-electron chi connectivity index (χ2n) is 7.30. The summed E-state index contributed by atoms with van der Waals surface area (Å²) in [5.41, 5.74) is 3.79. The summed E-state index contributed by atoms with van der Waals surface area (Å²) in [5, 5.41) is 0.594. The molecule has 158 valence electrons. The molecule has 0 radical (unpaired) electrons. The van der Waals surface area contributed by atoms with E-state index in [1.54, 1.807) is 24.9 Å². The van der Waals surface area contributed by atoms with E-state index < -0.39 is 0 Å². The highest BCUT2D eigenvalue weighted by atomic mass is 32.1. The summed E-state index contributed by atoms with van der Waals surface area (Å²) in [6, 6.07) is 11.7. The number of thiazole rings is 1. The minimum absolute atomic E-state index is 0.115. The van der Waals surface area contributed by atoms with Gasteiger partial charge in [0.15, 0.2) is 5.13 Å². The first-order valence-corrected chi connectivity index (χ1v) is 10.9. The molecule has 0 aliphatic rings. The Morgan fingerprint density at radius 3 is 2.71 bits per heavy atom. The standard InChI is InChI=1S/C23H23N5O2S/c1-4-17-8-7-10-19-21(17)26-23(31-19)28(12-18-9-5-6-11-24-18)20(29)13-27-14-25-16(3)15(2)22(27)30/h5-11,14H,4,12-13H2,1-3H3. The van der Waals surface area contributed by atoms with Crippen LogP contribution in [0.5, 0.6) is 0 Å². The molecule has 4 rings (SSSR count). The number of carbonyl (C=O) groups excluding carboxylic acids is 1. The van der Waals surface area contributed by atoms with E-state index in [9.17, 15) is 9.59 Å². The van der Waals surface area contributed by atoms with Gasteiger partial charge in [0.25, 0.3) is 5.56 Å². The summed E-state index contributed by atoms with van der Waals surface area (Å²) < 4.78 is 2.37. The number of hydrogen-bond donors (Lipinski definition) is 0. The van der Waals surface area contributed by atoms with Gasteiger partial charge in [-0.15, -0.1) is 0 Å². The topological polar surface area (TPSA) is 81.0 Å². The zero-order valence-electron chi connectivity index (χ0n) is 17.7. The third kappa shape index (κ3) is 4.25. The Hall–Kier alpha value is -3.39. The Bertz CT molecular complexity index is 1300. The van der Waals surface area contributed by atoms with Crippen molar-refractivity contribution in [3.8, 4) is 0 Å². The molecule has 8 heteroatoms. The third-order valence-electron chi connectivity index (χ3n) is 5.27. The molecule has 0 spiro atoms. The molecule has 1 amide bonds. The van der Waals surface area contributed by atoms with Gasteiger partial charge in [0, 0.05) is 17.5 Å². The van der Waals surface area contributed by atoms with Gasteiger partial charge in [0.2, 0.25) is 5.91 Å². The summed E-state index contributed by atoms with van der Waals surface area (Å²) in [6.07, 6.45) is 3.98. The average molecular weight is 434 g/mol. The number of carbonyl (C=O) groups is 1. The number of nitrogens with zero attached hydrogens (tertiary/aromatic N) is 5. The molecule has 0 bridgehead atoms. The van der Waals surface area contributed by atoms with Crippen molar-refractivity contribution < 1.29 is 4.79 Å². The van der Waals surface area contributed by atoms with E-state index in [1.807, 2.05) is 30.3 Å². The number of benzene rings is 1. The van der Waals surface area contributed by atoms with Crippen LogP contribution in [0.25, 0.3) is 10.2 Å². The first-order valence-electron chi connectivity index (χ1n) is 10.1. The third-order valence-corrected chi connectivity index (χ3v) is 6.31. The predicted molar refractivity (Wildman–Crippen MR) is 122 cm³/mol. The zero-order chi connectivity index (χ0) is 22.0. The lowest BCUT2D eigenvalue weighted by atomic mass is 10.1. The molecular weight excluding hydrogens is 410 g/mol. The van der Waals surface area contributed by atoms with Crippen LogP contribution in [0.1, 0.15) is 29.4 Å². The Morgan fingerprint density at radius 1 is 1.13 bits per heavy atom. The zero-order valence-corrected chi connectivity index (χ0v) is 18.5. The number of hydrogen-bond acceptors (Lipinski definition) is 6. The average Bonchev–Trinajstić information content (AvgIpc) is 3.22. The maximum Gasteiger partial charge on any atom is 0.256 e. The second-order valence-corrected chi connectivity index (χ2v) is 8.31. The second kappa shape index (κ2) is 8.77. The van der Waals surface area contributed by atoms with Gasteiger partial charge in [-0.2, -0.15) is 0 Å². The predicted octanol–water partition coefficient (Wildman–Crippen LogP) is 3.66. The largest absolute Gasteiger partial charge is 0.289 e. The molecule has 0 N–H and O–H groups in total. The van der Waals surface area contributed by atoms with E-state index in [0.717, 1.165) is 27.9 Å². The van der Waals surface area contributed by atoms with Gasteiger partial charge in [-0.05, 0) is 44.0 Å². The van der Waals surface area contributed by atoms with Gasteiger partial charge in [0.1, 0.15) is 6.54 Å². The number of fused-ring (bicyclic) bond motifs is 1. The van der Waals surface area contributed by atoms with Crippen LogP contribution in [-0.2, 0) is 24.3 Å². The molecule has 0 fully saturated rings. The summed E-state index contributed by atoms with van der Waals surface area (Å²) in [6.45, 7) is 5.74. The van der Waals surface area contributed by atoms with Gasteiger partial charge in [-0.25, -0.2) is 9.97 Å². The number of aromatic nitrogens is 4. The summed E-state index contributed by atoms with van der Waals surface area (Å²) >= 11 is 1.47. The van der Waals surface area contributed by atoms with Crippen LogP contribution in [0.3, 0.4) is 0 Å². The highest BCUT2D eigenvalue weighted by molar-refractivity contribution is 7.22. The Kier molecular flexibility index (Phi) is 5.90. The molecule has 0 saturated heterocycles. The van der Waals surface area contributed by atoms with Crippen LogP contribution in [0, 0.1) is 13.8 Å². The highest BCUT2D eigenvalue weighted by Crippen LogP contribution is 2.32. The number of amides is 1. The van der Waals surface area contributed by atoms with Crippen LogP contribution in [0.2, 0.25) is 0 Å². The van der Waals surface area contributed by atoms with Crippen molar-refractivity contribution in [3.05, 3.63) is 81.8 Å². The van der Waals surface area contributed by atoms with Gasteiger partial charge in [0.05, 0.1) is 28.8 Å². The molecule has 0 saturated carbocycles. The van der Waals surface area contributed by atoms with E-state index in [2.05, 4.69) is 23.0 Å². The van der Waals surface area contributed by atoms with Crippen LogP contribution in [0.4, 0.5) is 5.13 Å². The minimum atomic E-state index is -0.241. The maximum atomic E-state index is 13.4. The number of pyridine rings is 1. The normalized spacial score (nSPS) is 11.1. The molecular formula is C23H23N5O2S. The van der Waals surface area contributed by atoms with Gasteiger partial charge in [-0.1, -0.05) is 36.5 Å². The van der Waals surface area contributed by atoms with Crippen molar-refractivity contribution in [2.45, 2.75) is 40.3 Å². The molecule has 4 aromatic rings. The van der Waals surface area contributed by atoms with Crippen molar-refractivity contribution in [2.24, 2.45) is 0 Å². The molecule has 1 aromatic carbocycles. The lowest BCUT2D eigenvalue weighted by Crippen LogP contribution is -2.37. The van der Waals surface area contributed by atoms with E-state index in [4.69, 9.17) is 4.98 Å². The fraction of sp³-hybridized carbons (Fsp3) is 0.261. The molecule has 7 nitrogen and oxygen atoms in total. The van der Waals surface area contributed by atoms with Crippen LogP contribution in [0.15, 0.2) is 53.7 Å².